The lowest BCUT2D eigenvalue weighted by Crippen LogP contribution is -2.08. The molecule has 1 aromatic rings. The lowest BCUT2D eigenvalue weighted by Gasteiger charge is -2.05. The van der Waals surface area contributed by atoms with Crippen LogP contribution in [0.25, 0.3) is 0 Å². The average Bonchev–Trinajstić information content (AvgIpc) is 2.25. The molecule has 0 radical (unpaired) electrons. The molecule has 0 aliphatic heterocycles. The fourth-order valence-electron chi connectivity index (χ4n) is 1.18. The molecule has 0 fully saturated rings. The molecule has 0 spiro atoms. The van der Waals surface area contributed by atoms with E-state index >= 15 is 0 Å². The van der Waals surface area contributed by atoms with Crippen molar-refractivity contribution in [2.45, 2.75) is 18.2 Å². The highest BCUT2D eigenvalue weighted by Crippen LogP contribution is 2.15. The lowest BCUT2D eigenvalue weighted by molar-refractivity contribution is 0.150. The van der Waals surface area contributed by atoms with Gasteiger partial charge in [0.15, 0.2) is 0 Å². The second-order valence-electron chi connectivity index (χ2n) is 3.20. The number of hydrogen-bond donors (Lipinski definition) is 1. The Morgan fingerprint density at radius 3 is 2.73 bits per heavy atom. The van der Waals surface area contributed by atoms with E-state index in [4.69, 9.17) is 10.5 Å². The molecule has 0 aliphatic rings. The van der Waals surface area contributed by atoms with Crippen molar-refractivity contribution in [1.82, 2.24) is 0 Å². The van der Waals surface area contributed by atoms with E-state index in [1.54, 1.807) is 12.1 Å². The Kier molecular flexibility index (Phi) is 5.36. The Labute approximate surface area is 93.1 Å². The van der Waals surface area contributed by atoms with Crippen LogP contribution < -0.4 is 5.73 Å². The van der Waals surface area contributed by atoms with Gasteiger partial charge in [-0.25, -0.2) is 0 Å². The molecule has 0 bridgehead atoms. The van der Waals surface area contributed by atoms with E-state index in [1.807, 2.05) is 19.1 Å². The Morgan fingerprint density at radius 2 is 2.07 bits per heavy atom. The number of rotatable bonds is 6. The third-order valence-corrected chi connectivity index (χ3v) is 3.33. The molecule has 1 atom stereocenters. The van der Waals surface area contributed by atoms with Crippen molar-refractivity contribution in [2.24, 2.45) is 0 Å². The monoisotopic (exact) mass is 227 g/mol. The minimum atomic E-state index is -1.05. The van der Waals surface area contributed by atoms with Crippen molar-refractivity contribution in [3.8, 4) is 0 Å². The van der Waals surface area contributed by atoms with Gasteiger partial charge in [-0.3, -0.25) is 4.21 Å². The second-order valence-corrected chi connectivity index (χ2v) is 4.74. The SMILES string of the molecule is CCCOCCS(=O)c1ccccc1N. The van der Waals surface area contributed by atoms with Crippen LogP contribution >= 0.6 is 0 Å². The van der Waals surface area contributed by atoms with Crippen molar-refractivity contribution in [1.29, 1.82) is 0 Å². The largest absolute Gasteiger partial charge is 0.398 e. The molecule has 0 saturated heterocycles. The standard InChI is InChI=1S/C11H17NO2S/c1-2-7-14-8-9-15(13)11-6-4-3-5-10(11)12/h3-6H,2,7-9,12H2,1H3. The van der Waals surface area contributed by atoms with Crippen LogP contribution in [0.2, 0.25) is 0 Å². The molecular formula is C11H17NO2S. The van der Waals surface area contributed by atoms with Crippen LogP contribution in [0.3, 0.4) is 0 Å². The molecule has 0 amide bonds. The first-order chi connectivity index (χ1) is 7.25. The number of ether oxygens (including phenoxy) is 1. The predicted octanol–water partition coefficient (Wildman–Crippen LogP) is 1.80. The minimum absolute atomic E-state index is 0.508. The Balaban J connectivity index is 2.44. The van der Waals surface area contributed by atoms with Crippen LogP contribution in [0, 0.1) is 0 Å². The number of nitrogens with two attached hydrogens (primary N) is 1. The number of anilines is 1. The molecule has 1 unspecified atom stereocenters. The average molecular weight is 227 g/mol. The van der Waals surface area contributed by atoms with Crippen molar-refractivity contribution in [3.05, 3.63) is 24.3 Å². The van der Waals surface area contributed by atoms with Gasteiger partial charge in [0.25, 0.3) is 0 Å². The molecule has 4 heteroatoms. The molecule has 0 heterocycles. The van der Waals surface area contributed by atoms with Gasteiger partial charge in [0.1, 0.15) is 0 Å². The first-order valence-corrected chi connectivity index (χ1v) is 6.38. The molecule has 3 nitrogen and oxygen atoms in total. The van der Waals surface area contributed by atoms with Gasteiger partial charge in [0.05, 0.1) is 28.1 Å². The van der Waals surface area contributed by atoms with Crippen LogP contribution in [0.5, 0.6) is 0 Å². The van der Waals surface area contributed by atoms with Gasteiger partial charge in [0.2, 0.25) is 0 Å². The van der Waals surface area contributed by atoms with Gasteiger partial charge in [-0.15, -0.1) is 0 Å². The number of hydrogen-bond acceptors (Lipinski definition) is 3. The maximum absolute atomic E-state index is 11.8. The number of benzene rings is 1. The van der Waals surface area contributed by atoms with Crippen molar-refractivity contribution < 1.29 is 8.95 Å². The van der Waals surface area contributed by atoms with E-state index in [0.29, 0.717) is 22.9 Å². The van der Waals surface area contributed by atoms with Crippen molar-refractivity contribution in [3.63, 3.8) is 0 Å². The van der Waals surface area contributed by atoms with Crippen molar-refractivity contribution >= 4 is 16.5 Å². The van der Waals surface area contributed by atoms with Gasteiger partial charge in [-0.1, -0.05) is 19.1 Å². The van der Waals surface area contributed by atoms with E-state index < -0.39 is 10.8 Å². The highest BCUT2D eigenvalue weighted by atomic mass is 32.2. The summed E-state index contributed by atoms with van der Waals surface area (Å²) in [6.45, 7) is 3.29. The Hall–Kier alpha value is -0.870. The van der Waals surface area contributed by atoms with Crippen LogP contribution in [0.15, 0.2) is 29.2 Å². The second kappa shape index (κ2) is 6.58. The summed E-state index contributed by atoms with van der Waals surface area (Å²) in [5, 5.41) is 0. The van der Waals surface area contributed by atoms with E-state index in [1.165, 1.54) is 0 Å². The summed E-state index contributed by atoms with van der Waals surface area (Å²) in [5.74, 6) is 0.508. The Morgan fingerprint density at radius 1 is 1.33 bits per heavy atom. The predicted molar refractivity (Wildman–Crippen MR) is 63.2 cm³/mol. The molecule has 2 N–H and O–H groups in total. The topological polar surface area (TPSA) is 52.3 Å². The quantitative estimate of drug-likeness (QED) is 0.595. The molecular weight excluding hydrogens is 210 g/mol. The van der Waals surface area contributed by atoms with Crippen LogP contribution in [-0.2, 0) is 15.5 Å². The summed E-state index contributed by atoms with van der Waals surface area (Å²) in [5.41, 5.74) is 6.31. The molecule has 1 aromatic carbocycles. The first-order valence-electron chi connectivity index (χ1n) is 5.06. The molecule has 15 heavy (non-hydrogen) atoms. The van der Waals surface area contributed by atoms with Gasteiger partial charge >= 0.3 is 0 Å². The zero-order chi connectivity index (χ0) is 11.1. The van der Waals surface area contributed by atoms with Gasteiger partial charge in [-0.05, 0) is 18.6 Å². The van der Waals surface area contributed by atoms with Gasteiger partial charge in [0, 0.05) is 12.3 Å². The van der Waals surface area contributed by atoms with E-state index in [9.17, 15) is 4.21 Å². The zero-order valence-electron chi connectivity index (χ0n) is 8.94. The normalized spacial score (nSPS) is 12.6. The third kappa shape index (κ3) is 4.01. The molecule has 0 aromatic heterocycles. The summed E-state index contributed by atoms with van der Waals surface area (Å²) >= 11 is 0. The summed E-state index contributed by atoms with van der Waals surface area (Å²) in [6.07, 6.45) is 0.986. The number of para-hydroxylation sites is 1. The Bertz CT molecular complexity index is 328. The fourth-order valence-corrected chi connectivity index (χ4v) is 2.23. The number of nitrogen functional groups attached to an aromatic ring is 1. The molecule has 84 valence electrons. The fraction of sp³-hybridized carbons (Fsp3) is 0.455. The highest BCUT2D eigenvalue weighted by Gasteiger charge is 2.06. The first kappa shape index (κ1) is 12.2. The maximum Gasteiger partial charge on any atom is 0.0618 e. The highest BCUT2D eigenvalue weighted by molar-refractivity contribution is 7.85. The van der Waals surface area contributed by atoms with E-state index in [-0.39, 0.29) is 0 Å². The van der Waals surface area contributed by atoms with E-state index in [2.05, 4.69) is 0 Å². The van der Waals surface area contributed by atoms with E-state index in [0.717, 1.165) is 13.0 Å². The van der Waals surface area contributed by atoms with Crippen LogP contribution in [-0.4, -0.2) is 23.2 Å². The van der Waals surface area contributed by atoms with Gasteiger partial charge < -0.3 is 10.5 Å². The minimum Gasteiger partial charge on any atom is -0.398 e. The molecule has 0 saturated carbocycles. The maximum atomic E-state index is 11.8. The lowest BCUT2D eigenvalue weighted by atomic mass is 10.3. The smallest absolute Gasteiger partial charge is 0.0618 e. The summed E-state index contributed by atoms with van der Waals surface area (Å²) in [7, 11) is -1.05. The third-order valence-electron chi connectivity index (χ3n) is 1.93. The van der Waals surface area contributed by atoms with Gasteiger partial charge in [-0.2, -0.15) is 0 Å². The zero-order valence-corrected chi connectivity index (χ0v) is 9.76. The van der Waals surface area contributed by atoms with Crippen LogP contribution in [0.1, 0.15) is 13.3 Å². The summed E-state index contributed by atoms with van der Waals surface area (Å²) in [6, 6.07) is 7.24. The summed E-state index contributed by atoms with van der Waals surface area (Å²) in [4.78, 5) is 0.706. The summed E-state index contributed by atoms with van der Waals surface area (Å²) < 4.78 is 17.1. The van der Waals surface area contributed by atoms with Crippen LogP contribution in [0.4, 0.5) is 5.69 Å². The molecule has 1 rings (SSSR count). The van der Waals surface area contributed by atoms with Crippen molar-refractivity contribution in [2.75, 3.05) is 24.7 Å². The molecule has 0 aliphatic carbocycles.